The minimum absolute atomic E-state index is 0.0682. The maximum atomic E-state index is 11.7. The standard InChI is InChI=1S/C12H11BrN2O4.C8H5BrN2O/c1-12(2)18-10(16)8(11(17)19-12)6-15-9-4-3-7(13)5-14-9;9-6-1-2-7-10-4-3-8(12)11(7)5-6/h3-6,8H,1-2H3;1-5H. The van der Waals surface area contributed by atoms with E-state index in [0.717, 1.165) is 8.95 Å². The van der Waals surface area contributed by atoms with Crippen LogP contribution in [0.3, 0.4) is 0 Å². The molecule has 11 heteroatoms. The fraction of sp³-hybridized carbons (Fsp3) is 0.200. The summed E-state index contributed by atoms with van der Waals surface area (Å²) in [6, 6.07) is 8.46. The lowest BCUT2D eigenvalue weighted by atomic mass is 10.1. The van der Waals surface area contributed by atoms with Crippen LogP contribution in [-0.2, 0) is 19.1 Å². The molecule has 3 aromatic heterocycles. The molecule has 0 unspecified atom stereocenters. The van der Waals surface area contributed by atoms with Gasteiger partial charge in [0.05, 0.1) is 0 Å². The second-order valence-corrected chi connectivity index (χ2v) is 8.52. The minimum Gasteiger partial charge on any atom is -0.422 e. The molecule has 1 aliphatic heterocycles. The molecule has 0 amide bonds. The summed E-state index contributed by atoms with van der Waals surface area (Å²) in [7, 11) is 0. The molecule has 0 radical (unpaired) electrons. The number of hydrogen-bond acceptors (Lipinski definition) is 8. The van der Waals surface area contributed by atoms with E-state index in [1.807, 2.05) is 6.07 Å². The number of rotatable bonds is 2. The summed E-state index contributed by atoms with van der Waals surface area (Å²) in [5.41, 5.74) is 0.590. The molecule has 1 fully saturated rings. The topological polar surface area (TPSA) is 112 Å². The molecular weight excluding hydrogens is 536 g/mol. The van der Waals surface area contributed by atoms with Crippen molar-refractivity contribution in [2.75, 3.05) is 0 Å². The Hall–Kier alpha value is -2.92. The first kappa shape index (κ1) is 22.8. The Morgan fingerprint density at radius 3 is 2.32 bits per heavy atom. The monoisotopic (exact) mass is 550 g/mol. The predicted octanol–water partition coefficient (Wildman–Crippen LogP) is 3.46. The van der Waals surface area contributed by atoms with Gasteiger partial charge in [-0.15, -0.1) is 0 Å². The predicted molar refractivity (Wildman–Crippen MR) is 119 cm³/mol. The molecule has 3 aromatic rings. The summed E-state index contributed by atoms with van der Waals surface area (Å²) in [5.74, 6) is -3.36. The largest absolute Gasteiger partial charge is 0.422 e. The first-order valence-corrected chi connectivity index (χ1v) is 10.5. The third kappa shape index (κ3) is 6.05. The first-order valence-electron chi connectivity index (χ1n) is 8.89. The number of hydrogen-bond donors (Lipinski definition) is 0. The Balaban J connectivity index is 0.000000194. The van der Waals surface area contributed by atoms with Crippen molar-refractivity contribution in [3.63, 3.8) is 0 Å². The van der Waals surface area contributed by atoms with Crippen LogP contribution in [0.4, 0.5) is 5.82 Å². The van der Waals surface area contributed by atoms with Crippen molar-refractivity contribution in [1.82, 2.24) is 14.4 Å². The lowest BCUT2D eigenvalue weighted by Crippen LogP contribution is -2.46. The zero-order valence-corrected chi connectivity index (χ0v) is 19.5. The van der Waals surface area contributed by atoms with E-state index < -0.39 is 23.6 Å². The van der Waals surface area contributed by atoms with Gasteiger partial charge in [0.1, 0.15) is 5.65 Å². The van der Waals surface area contributed by atoms with Crippen LogP contribution in [0.15, 0.2) is 67.7 Å². The number of aliphatic imine (C=N–C) groups is 1. The molecule has 160 valence electrons. The van der Waals surface area contributed by atoms with Crippen LogP contribution in [0.1, 0.15) is 13.8 Å². The maximum absolute atomic E-state index is 11.7. The molecule has 1 saturated heterocycles. The van der Waals surface area contributed by atoms with Crippen molar-refractivity contribution in [2.45, 2.75) is 19.6 Å². The third-order valence-electron chi connectivity index (χ3n) is 3.82. The highest BCUT2D eigenvalue weighted by Gasteiger charge is 2.42. The summed E-state index contributed by atoms with van der Waals surface area (Å²) in [6.45, 7) is 2.99. The van der Waals surface area contributed by atoms with Gasteiger partial charge in [-0.2, -0.15) is 0 Å². The van der Waals surface area contributed by atoms with Crippen molar-refractivity contribution in [3.8, 4) is 0 Å². The van der Waals surface area contributed by atoms with Crippen LogP contribution in [0.2, 0.25) is 0 Å². The molecule has 0 N–H and O–H groups in total. The summed E-state index contributed by atoms with van der Waals surface area (Å²) in [5, 5.41) is 0. The Morgan fingerprint density at radius 2 is 1.68 bits per heavy atom. The Morgan fingerprint density at radius 1 is 1.00 bits per heavy atom. The van der Waals surface area contributed by atoms with Crippen molar-refractivity contribution in [1.29, 1.82) is 0 Å². The molecule has 0 bridgehead atoms. The van der Waals surface area contributed by atoms with Gasteiger partial charge in [-0.1, -0.05) is 0 Å². The van der Waals surface area contributed by atoms with Gasteiger partial charge in [0.2, 0.25) is 0 Å². The summed E-state index contributed by atoms with van der Waals surface area (Å²) >= 11 is 6.52. The van der Waals surface area contributed by atoms with Gasteiger partial charge in [-0.25, -0.2) is 15.0 Å². The second-order valence-electron chi connectivity index (χ2n) is 6.69. The number of esters is 2. The zero-order chi connectivity index (χ0) is 22.6. The lowest BCUT2D eigenvalue weighted by molar-refractivity contribution is -0.235. The molecule has 0 saturated carbocycles. The Kier molecular flexibility index (Phi) is 6.96. The number of carbonyl (C=O) groups is 2. The number of ether oxygens (including phenoxy) is 2. The molecule has 0 aliphatic carbocycles. The molecule has 4 rings (SSSR count). The summed E-state index contributed by atoms with van der Waals surface area (Å²) in [6.07, 6.45) is 5.94. The molecule has 0 atom stereocenters. The number of aromatic nitrogens is 3. The SMILES string of the molecule is CC1(C)OC(=O)C(C=Nc2ccc(Br)cn2)C(=O)O1.O=c1ccnc2ccc(Br)cn12. The van der Waals surface area contributed by atoms with E-state index in [0.29, 0.717) is 11.5 Å². The Labute approximate surface area is 193 Å². The van der Waals surface area contributed by atoms with E-state index in [4.69, 9.17) is 9.47 Å². The number of nitrogens with zero attached hydrogens (tertiary/aromatic N) is 4. The second kappa shape index (κ2) is 9.48. The number of pyridine rings is 2. The highest BCUT2D eigenvalue weighted by atomic mass is 79.9. The number of halogens is 2. The van der Waals surface area contributed by atoms with Gasteiger partial charge in [-0.05, 0) is 56.1 Å². The third-order valence-corrected chi connectivity index (χ3v) is 4.76. The summed E-state index contributed by atoms with van der Waals surface area (Å²) in [4.78, 5) is 46.5. The highest BCUT2D eigenvalue weighted by Crippen LogP contribution is 2.22. The fourth-order valence-corrected chi connectivity index (χ4v) is 3.02. The lowest BCUT2D eigenvalue weighted by Gasteiger charge is -2.31. The average Bonchev–Trinajstić information content (AvgIpc) is 2.69. The van der Waals surface area contributed by atoms with Gasteiger partial charge in [-0.3, -0.25) is 18.8 Å². The molecule has 4 heterocycles. The Bertz CT molecular complexity index is 1190. The molecule has 31 heavy (non-hydrogen) atoms. The van der Waals surface area contributed by atoms with Crippen molar-refractivity contribution >= 4 is 61.5 Å². The smallest absolute Gasteiger partial charge is 0.329 e. The van der Waals surface area contributed by atoms with Crippen molar-refractivity contribution < 1.29 is 19.1 Å². The first-order chi connectivity index (χ1) is 14.6. The van der Waals surface area contributed by atoms with Gasteiger partial charge >= 0.3 is 11.9 Å². The normalized spacial score (nSPS) is 15.9. The fourth-order valence-electron chi connectivity index (χ4n) is 2.45. The number of fused-ring (bicyclic) bond motifs is 1. The van der Waals surface area contributed by atoms with Gasteiger partial charge in [0.25, 0.3) is 11.3 Å². The van der Waals surface area contributed by atoms with Crippen LogP contribution in [0, 0.1) is 5.92 Å². The number of carbonyl (C=O) groups excluding carboxylic acids is 2. The van der Waals surface area contributed by atoms with Gasteiger partial charge < -0.3 is 9.47 Å². The van der Waals surface area contributed by atoms with Crippen LogP contribution in [0.5, 0.6) is 0 Å². The average molecular weight is 552 g/mol. The highest BCUT2D eigenvalue weighted by molar-refractivity contribution is 9.10. The van der Waals surface area contributed by atoms with E-state index >= 15 is 0 Å². The van der Waals surface area contributed by atoms with E-state index in [-0.39, 0.29) is 5.56 Å². The van der Waals surface area contributed by atoms with Gasteiger partial charge in [0.15, 0.2) is 11.7 Å². The molecular formula is C20H16Br2N4O5. The molecule has 9 nitrogen and oxygen atoms in total. The van der Waals surface area contributed by atoms with Crippen molar-refractivity contribution in [3.05, 3.63) is 68.2 Å². The van der Waals surface area contributed by atoms with Crippen LogP contribution >= 0.6 is 31.9 Å². The zero-order valence-electron chi connectivity index (χ0n) is 16.4. The van der Waals surface area contributed by atoms with Crippen LogP contribution < -0.4 is 5.56 Å². The van der Waals surface area contributed by atoms with E-state index in [2.05, 4.69) is 46.8 Å². The minimum atomic E-state index is -1.23. The van der Waals surface area contributed by atoms with E-state index in [1.165, 1.54) is 36.7 Å². The van der Waals surface area contributed by atoms with Gasteiger partial charge in [0, 0.05) is 53.7 Å². The summed E-state index contributed by atoms with van der Waals surface area (Å²) < 4.78 is 13.1. The van der Waals surface area contributed by atoms with E-state index in [1.54, 1.807) is 30.6 Å². The molecule has 1 aliphatic rings. The van der Waals surface area contributed by atoms with Crippen LogP contribution in [0.25, 0.3) is 5.65 Å². The quantitative estimate of drug-likeness (QED) is 0.272. The molecule has 0 aromatic carbocycles. The van der Waals surface area contributed by atoms with Crippen LogP contribution in [-0.4, -0.2) is 38.3 Å². The van der Waals surface area contributed by atoms with Crippen molar-refractivity contribution in [2.24, 2.45) is 10.9 Å². The maximum Gasteiger partial charge on any atom is 0.329 e. The number of cyclic esters (lactones) is 2. The van der Waals surface area contributed by atoms with E-state index in [9.17, 15) is 14.4 Å². The molecule has 0 spiro atoms.